The highest BCUT2D eigenvalue weighted by atomic mass is 16.5. The third-order valence-corrected chi connectivity index (χ3v) is 4.57. The van der Waals surface area contributed by atoms with Gasteiger partial charge < -0.3 is 21.1 Å². The van der Waals surface area contributed by atoms with Crippen LogP contribution in [0.2, 0.25) is 0 Å². The molecular weight excluding hydrogens is 356 g/mol. The van der Waals surface area contributed by atoms with E-state index < -0.39 is 0 Å². The number of hydrogen-bond donors (Lipinski definition) is 3. The highest BCUT2D eigenvalue weighted by Gasteiger charge is 2.12. The molecule has 0 spiro atoms. The van der Waals surface area contributed by atoms with Crippen LogP contribution >= 0.6 is 0 Å². The van der Waals surface area contributed by atoms with Gasteiger partial charge in [-0.25, -0.2) is 0 Å². The van der Waals surface area contributed by atoms with Crippen LogP contribution in [0.25, 0.3) is 0 Å². The first-order valence-electron chi connectivity index (χ1n) is 9.43. The molecule has 1 aliphatic rings. The molecule has 0 bridgehead atoms. The van der Waals surface area contributed by atoms with Crippen LogP contribution in [0.5, 0.6) is 0 Å². The minimum absolute atomic E-state index is 0.0209. The fraction of sp³-hybridized carbons (Fsp3) is 0.333. The summed E-state index contributed by atoms with van der Waals surface area (Å²) in [6.07, 6.45) is 0.441. The number of carbonyl (C=O) groups excluding carboxylic acids is 2. The smallest absolute Gasteiger partial charge is 0.251 e. The number of anilines is 2. The van der Waals surface area contributed by atoms with Crippen LogP contribution in [-0.2, 0) is 16.1 Å². The van der Waals surface area contributed by atoms with Crippen molar-refractivity contribution in [3.05, 3.63) is 59.7 Å². The third-order valence-electron chi connectivity index (χ3n) is 4.57. The molecule has 0 aliphatic carbocycles. The molecular formula is C21H26N4O3. The summed E-state index contributed by atoms with van der Waals surface area (Å²) in [6.45, 7) is 4.29. The zero-order chi connectivity index (χ0) is 19.8. The summed E-state index contributed by atoms with van der Waals surface area (Å²) in [4.78, 5) is 26.6. The van der Waals surface area contributed by atoms with Gasteiger partial charge in [0, 0.05) is 49.5 Å². The van der Waals surface area contributed by atoms with E-state index >= 15 is 0 Å². The number of nitrogen functional groups attached to an aromatic ring is 1. The Morgan fingerprint density at radius 1 is 1.07 bits per heavy atom. The summed E-state index contributed by atoms with van der Waals surface area (Å²) in [5.74, 6) is -0.209. The topological polar surface area (TPSA) is 96.7 Å². The molecule has 4 N–H and O–H groups in total. The van der Waals surface area contributed by atoms with Crippen molar-refractivity contribution in [1.82, 2.24) is 10.2 Å². The lowest BCUT2D eigenvalue weighted by atomic mass is 10.1. The van der Waals surface area contributed by atoms with E-state index in [4.69, 9.17) is 10.5 Å². The van der Waals surface area contributed by atoms with Gasteiger partial charge in [-0.05, 0) is 35.9 Å². The summed E-state index contributed by atoms with van der Waals surface area (Å²) in [7, 11) is 0. The Morgan fingerprint density at radius 3 is 2.64 bits per heavy atom. The number of hydrogen-bond acceptors (Lipinski definition) is 5. The number of nitrogens with zero attached hydrogens (tertiary/aromatic N) is 1. The van der Waals surface area contributed by atoms with Gasteiger partial charge in [-0.1, -0.05) is 18.2 Å². The summed E-state index contributed by atoms with van der Waals surface area (Å²) in [5, 5.41) is 5.79. The summed E-state index contributed by atoms with van der Waals surface area (Å²) < 4.78 is 5.31. The van der Waals surface area contributed by atoms with Crippen molar-refractivity contribution in [1.29, 1.82) is 0 Å². The van der Waals surface area contributed by atoms with Gasteiger partial charge in [-0.2, -0.15) is 0 Å². The second-order valence-electron chi connectivity index (χ2n) is 6.76. The number of rotatable bonds is 7. The fourth-order valence-corrected chi connectivity index (χ4v) is 3.03. The molecule has 2 aromatic carbocycles. The van der Waals surface area contributed by atoms with E-state index in [0.717, 1.165) is 44.1 Å². The molecule has 2 aromatic rings. The van der Waals surface area contributed by atoms with Gasteiger partial charge in [0.2, 0.25) is 5.91 Å². The molecule has 1 saturated heterocycles. The SMILES string of the molecule is Nc1cccc(C(=O)NCc2cccc(NC(=O)CCN3CCOCC3)c2)c1. The minimum Gasteiger partial charge on any atom is -0.399 e. The molecule has 28 heavy (non-hydrogen) atoms. The van der Waals surface area contributed by atoms with Crippen molar-refractivity contribution in [2.75, 3.05) is 43.9 Å². The summed E-state index contributed by atoms with van der Waals surface area (Å²) >= 11 is 0. The van der Waals surface area contributed by atoms with Gasteiger partial charge in [0.1, 0.15) is 0 Å². The molecule has 0 aromatic heterocycles. The van der Waals surface area contributed by atoms with Gasteiger partial charge >= 0.3 is 0 Å². The van der Waals surface area contributed by atoms with Crippen LogP contribution in [0.15, 0.2) is 48.5 Å². The number of benzene rings is 2. The molecule has 2 amide bonds. The normalized spacial score (nSPS) is 14.4. The predicted octanol–water partition coefficient (Wildman–Crippen LogP) is 1.86. The van der Waals surface area contributed by atoms with Crippen LogP contribution in [-0.4, -0.2) is 49.6 Å². The van der Waals surface area contributed by atoms with Crippen LogP contribution in [0, 0.1) is 0 Å². The van der Waals surface area contributed by atoms with Crippen molar-refractivity contribution < 1.29 is 14.3 Å². The zero-order valence-electron chi connectivity index (χ0n) is 15.8. The number of amides is 2. The van der Waals surface area contributed by atoms with Gasteiger partial charge in [0.05, 0.1) is 13.2 Å². The van der Waals surface area contributed by atoms with Crippen molar-refractivity contribution in [2.24, 2.45) is 0 Å². The molecule has 1 heterocycles. The maximum absolute atomic E-state index is 12.2. The van der Waals surface area contributed by atoms with Crippen LogP contribution < -0.4 is 16.4 Å². The van der Waals surface area contributed by atoms with Gasteiger partial charge in [0.15, 0.2) is 0 Å². The van der Waals surface area contributed by atoms with Crippen LogP contribution in [0.3, 0.4) is 0 Å². The Labute approximate surface area is 164 Å². The van der Waals surface area contributed by atoms with Crippen molar-refractivity contribution in [3.63, 3.8) is 0 Å². The Bertz CT molecular complexity index is 819. The predicted molar refractivity (Wildman–Crippen MR) is 109 cm³/mol. The summed E-state index contributed by atoms with van der Waals surface area (Å²) in [6, 6.07) is 14.3. The molecule has 0 saturated carbocycles. The Balaban J connectivity index is 1.47. The lowest BCUT2D eigenvalue weighted by Gasteiger charge is -2.26. The number of carbonyl (C=O) groups is 2. The molecule has 3 rings (SSSR count). The van der Waals surface area contributed by atoms with E-state index in [2.05, 4.69) is 15.5 Å². The van der Waals surface area contributed by atoms with Crippen LogP contribution in [0.4, 0.5) is 11.4 Å². The summed E-state index contributed by atoms with van der Waals surface area (Å²) in [5.41, 5.74) is 8.41. The highest BCUT2D eigenvalue weighted by Crippen LogP contribution is 2.12. The quantitative estimate of drug-likeness (QED) is 0.635. The first-order chi connectivity index (χ1) is 13.6. The highest BCUT2D eigenvalue weighted by molar-refractivity contribution is 5.95. The zero-order valence-corrected chi connectivity index (χ0v) is 15.8. The van der Waals surface area contributed by atoms with Gasteiger partial charge in [-0.3, -0.25) is 14.5 Å². The molecule has 0 atom stereocenters. The standard InChI is InChI=1S/C21H26N4O3/c22-18-5-2-4-17(14-18)21(27)23-15-16-3-1-6-19(13-16)24-20(26)7-8-25-9-11-28-12-10-25/h1-6,13-14H,7-12,15,22H2,(H,23,27)(H,24,26). The molecule has 0 unspecified atom stereocenters. The van der Waals surface area contributed by atoms with Gasteiger partial charge in [0.25, 0.3) is 5.91 Å². The monoisotopic (exact) mass is 382 g/mol. The average molecular weight is 382 g/mol. The van der Waals surface area contributed by atoms with Crippen molar-refractivity contribution in [3.8, 4) is 0 Å². The Morgan fingerprint density at radius 2 is 1.86 bits per heavy atom. The van der Waals surface area contributed by atoms with E-state index in [9.17, 15) is 9.59 Å². The maximum atomic E-state index is 12.2. The van der Waals surface area contributed by atoms with E-state index in [1.807, 2.05) is 24.3 Å². The molecule has 1 aliphatic heterocycles. The Hall–Kier alpha value is -2.90. The largest absolute Gasteiger partial charge is 0.399 e. The molecule has 148 valence electrons. The maximum Gasteiger partial charge on any atom is 0.251 e. The second kappa shape index (κ2) is 9.87. The minimum atomic E-state index is -0.188. The number of nitrogens with one attached hydrogen (secondary N) is 2. The van der Waals surface area contributed by atoms with Crippen molar-refractivity contribution >= 4 is 23.2 Å². The number of morpholine rings is 1. The van der Waals surface area contributed by atoms with E-state index in [1.54, 1.807) is 24.3 Å². The lowest BCUT2D eigenvalue weighted by molar-refractivity contribution is -0.116. The second-order valence-corrected chi connectivity index (χ2v) is 6.76. The fourth-order valence-electron chi connectivity index (χ4n) is 3.03. The number of nitrogens with two attached hydrogens (primary N) is 1. The van der Waals surface area contributed by atoms with Crippen molar-refractivity contribution in [2.45, 2.75) is 13.0 Å². The lowest BCUT2D eigenvalue weighted by Crippen LogP contribution is -2.38. The van der Waals surface area contributed by atoms with E-state index in [-0.39, 0.29) is 11.8 Å². The molecule has 0 radical (unpaired) electrons. The number of ether oxygens (including phenoxy) is 1. The first-order valence-corrected chi connectivity index (χ1v) is 9.43. The first kappa shape index (κ1) is 19.9. The average Bonchev–Trinajstić information content (AvgIpc) is 2.71. The van der Waals surface area contributed by atoms with E-state index in [0.29, 0.717) is 24.2 Å². The van der Waals surface area contributed by atoms with Gasteiger partial charge in [-0.15, -0.1) is 0 Å². The Kier molecular flexibility index (Phi) is 7.00. The molecule has 7 nitrogen and oxygen atoms in total. The van der Waals surface area contributed by atoms with Crippen LogP contribution in [0.1, 0.15) is 22.3 Å². The molecule has 1 fully saturated rings. The molecule has 7 heteroatoms. The van der Waals surface area contributed by atoms with E-state index in [1.165, 1.54) is 0 Å². The third kappa shape index (κ3) is 6.07.